The molecule has 0 bridgehead atoms. The summed E-state index contributed by atoms with van der Waals surface area (Å²) in [6, 6.07) is 11.6. The Morgan fingerprint density at radius 1 is 1.16 bits per heavy atom. The van der Waals surface area contributed by atoms with Crippen LogP contribution in [0.15, 0.2) is 36.4 Å². The van der Waals surface area contributed by atoms with Gasteiger partial charge in [-0.25, -0.2) is 4.79 Å². The molecule has 1 aliphatic carbocycles. The summed E-state index contributed by atoms with van der Waals surface area (Å²) in [5.74, 6) is 1.53. The maximum atomic E-state index is 12.4. The number of esters is 1. The molecule has 0 unspecified atom stereocenters. The number of hydrogen-bond donors (Lipinski definition) is 1. The van der Waals surface area contributed by atoms with Crippen LogP contribution < -0.4 is 9.64 Å². The van der Waals surface area contributed by atoms with E-state index in [1.807, 2.05) is 24.3 Å². The number of methoxy groups -OCH3 is 1. The smallest absolute Gasteiger partial charge is 0.337 e. The molecule has 1 saturated carbocycles. The molecule has 2 fully saturated rings. The van der Waals surface area contributed by atoms with Crippen LogP contribution in [-0.4, -0.2) is 50.1 Å². The summed E-state index contributed by atoms with van der Waals surface area (Å²) in [4.78, 5) is 14.8. The topological polar surface area (TPSA) is 68.2 Å². The highest BCUT2D eigenvalue weighted by Gasteiger charge is 2.42. The number of hydrogen-bond acceptors (Lipinski definition) is 6. The first kappa shape index (κ1) is 26.3. The number of aliphatic hydroxyl groups is 1. The van der Waals surface area contributed by atoms with Crippen molar-refractivity contribution in [2.75, 3.05) is 31.7 Å². The van der Waals surface area contributed by atoms with Crippen LogP contribution in [0.25, 0.3) is 0 Å². The Morgan fingerprint density at radius 2 is 2.03 bits per heavy atom. The van der Waals surface area contributed by atoms with Crippen LogP contribution in [0.1, 0.15) is 60.5 Å². The summed E-state index contributed by atoms with van der Waals surface area (Å²) in [5.41, 5.74) is 3.83. The number of carbonyl (C=O) groups is 1. The second-order valence-electron chi connectivity index (χ2n) is 10.9. The Morgan fingerprint density at radius 3 is 2.78 bits per heavy atom. The minimum atomic E-state index is -0.350. The molecule has 5 atom stereocenters. The van der Waals surface area contributed by atoms with E-state index in [2.05, 4.69) is 17.9 Å². The van der Waals surface area contributed by atoms with Crippen LogP contribution in [-0.2, 0) is 22.5 Å². The van der Waals surface area contributed by atoms with Gasteiger partial charge in [-0.1, -0.05) is 24.6 Å². The standard InChI is InChI=1S/C30H38ClNO5/c1-19-17-36-29(15-27(19)33)25-10-7-22(25)16-32-12-4-3-5-20-13-24(31)9-6-23(20)18-37-28-11-8-21(14-26(28)32)30(34)35-2/h6,8-9,11,13-14,19,22,25,27,29,33H,3-5,7,10,12,15-18H2,1-2H3/t19-,22-,25+,27+,29-/m0/s1. The van der Waals surface area contributed by atoms with E-state index in [-0.39, 0.29) is 24.1 Å². The van der Waals surface area contributed by atoms with Crippen LogP contribution in [0.2, 0.25) is 5.02 Å². The van der Waals surface area contributed by atoms with Crippen molar-refractivity contribution in [3.63, 3.8) is 0 Å². The van der Waals surface area contributed by atoms with Crippen molar-refractivity contribution in [2.24, 2.45) is 17.8 Å². The molecular formula is C30H38ClNO5. The maximum absolute atomic E-state index is 12.4. The lowest BCUT2D eigenvalue weighted by atomic mass is 9.68. The third-order valence-corrected chi connectivity index (χ3v) is 8.74. The fraction of sp³-hybridized carbons (Fsp3) is 0.567. The third-order valence-electron chi connectivity index (χ3n) is 8.51. The molecular weight excluding hydrogens is 490 g/mol. The first-order chi connectivity index (χ1) is 17.9. The van der Waals surface area contributed by atoms with Gasteiger partial charge in [-0.3, -0.25) is 0 Å². The van der Waals surface area contributed by atoms with Gasteiger partial charge in [0.15, 0.2) is 0 Å². The van der Waals surface area contributed by atoms with Gasteiger partial charge in [0, 0.05) is 30.5 Å². The highest BCUT2D eigenvalue weighted by molar-refractivity contribution is 6.30. The average molecular weight is 528 g/mol. The second kappa shape index (κ2) is 11.6. The van der Waals surface area contributed by atoms with Crippen molar-refractivity contribution in [1.29, 1.82) is 0 Å². The van der Waals surface area contributed by atoms with E-state index in [1.165, 1.54) is 12.7 Å². The van der Waals surface area contributed by atoms with Gasteiger partial charge in [0.05, 0.1) is 37.2 Å². The van der Waals surface area contributed by atoms with E-state index >= 15 is 0 Å². The zero-order valence-corrected chi connectivity index (χ0v) is 22.6. The van der Waals surface area contributed by atoms with Gasteiger partial charge in [0.1, 0.15) is 12.4 Å². The number of nitrogens with zero attached hydrogens (tertiary/aromatic N) is 1. The summed E-state index contributed by atoms with van der Waals surface area (Å²) in [6.45, 7) is 4.86. The summed E-state index contributed by atoms with van der Waals surface area (Å²) < 4.78 is 17.6. The molecule has 3 aliphatic rings. The molecule has 1 saturated heterocycles. The second-order valence-corrected chi connectivity index (χ2v) is 11.4. The quantitative estimate of drug-likeness (QED) is 0.517. The number of rotatable bonds is 4. The van der Waals surface area contributed by atoms with Crippen LogP contribution in [0.3, 0.4) is 0 Å². The predicted molar refractivity (Wildman–Crippen MR) is 144 cm³/mol. The fourth-order valence-electron chi connectivity index (χ4n) is 6.00. The first-order valence-electron chi connectivity index (χ1n) is 13.6. The van der Waals surface area contributed by atoms with E-state index in [4.69, 9.17) is 25.8 Å². The Bertz CT molecular complexity index is 1110. The van der Waals surface area contributed by atoms with Crippen molar-refractivity contribution in [3.05, 3.63) is 58.1 Å². The Balaban J connectivity index is 1.40. The number of aryl methyl sites for hydroxylation is 1. The van der Waals surface area contributed by atoms with Gasteiger partial charge >= 0.3 is 5.97 Å². The van der Waals surface area contributed by atoms with Crippen LogP contribution in [0.4, 0.5) is 5.69 Å². The van der Waals surface area contributed by atoms with E-state index in [0.29, 0.717) is 30.6 Å². The lowest BCUT2D eigenvalue weighted by molar-refractivity contribution is -0.124. The number of ether oxygens (including phenoxy) is 3. The Hall–Kier alpha value is -2.28. The molecule has 2 heterocycles. The molecule has 0 aromatic heterocycles. The molecule has 2 aromatic carbocycles. The normalized spacial score (nSPS) is 28.1. The largest absolute Gasteiger partial charge is 0.487 e. The minimum absolute atomic E-state index is 0.116. The van der Waals surface area contributed by atoms with E-state index < -0.39 is 0 Å². The van der Waals surface area contributed by atoms with Crippen LogP contribution in [0, 0.1) is 17.8 Å². The monoisotopic (exact) mass is 527 g/mol. The van der Waals surface area contributed by atoms with Gasteiger partial charge in [-0.05, 0) is 85.4 Å². The average Bonchev–Trinajstić information content (AvgIpc) is 2.91. The summed E-state index contributed by atoms with van der Waals surface area (Å²) in [7, 11) is 1.41. The van der Waals surface area contributed by atoms with Crippen molar-refractivity contribution < 1.29 is 24.1 Å². The molecule has 5 rings (SSSR count). The third kappa shape index (κ3) is 5.92. The van der Waals surface area contributed by atoms with Crippen molar-refractivity contribution in [3.8, 4) is 5.75 Å². The molecule has 0 spiro atoms. The minimum Gasteiger partial charge on any atom is -0.487 e. The highest BCUT2D eigenvalue weighted by Crippen LogP contribution is 2.43. The molecule has 7 heteroatoms. The molecule has 6 nitrogen and oxygen atoms in total. The lowest BCUT2D eigenvalue weighted by Gasteiger charge is -2.47. The first-order valence-corrected chi connectivity index (χ1v) is 14.0. The van der Waals surface area contributed by atoms with E-state index in [0.717, 1.165) is 73.6 Å². The molecule has 0 amide bonds. The van der Waals surface area contributed by atoms with Gasteiger partial charge in [-0.15, -0.1) is 0 Å². The summed E-state index contributed by atoms with van der Waals surface area (Å²) in [6.07, 6.45) is 5.83. The molecule has 2 aromatic rings. The molecule has 1 N–H and O–H groups in total. The summed E-state index contributed by atoms with van der Waals surface area (Å²) in [5, 5.41) is 11.2. The highest BCUT2D eigenvalue weighted by atomic mass is 35.5. The fourth-order valence-corrected chi connectivity index (χ4v) is 6.20. The SMILES string of the molecule is COC(=O)c1ccc2c(c1)N(C[C@@H]1CC[C@H]1[C@@H]1C[C@@H](O)[C@@H](C)CO1)CCCCc1cc(Cl)ccc1CO2. The Labute approximate surface area is 224 Å². The number of carbonyl (C=O) groups excluding carboxylic acids is 1. The van der Waals surface area contributed by atoms with E-state index in [1.54, 1.807) is 6.07 Å². The summed E-state index contributed by atoms with van der Waals surface area (Å²) >= 11 is 6.30. The van der Waals surface area contributed by atoms with Crippen molar-refractivity contribution in [2.45, 2.75) is 64.3 Å². The van der Waals surface area contributed by atoms with Gasteiger partial charge < -0.3 is 24.2 Å². The lowest BCUT2D eigenvalue weighted by Crippen LogP contribution is -2.48. The Kier molecular flexibility index (Phi) is 8.28. The maximum Gasteiger partial charge on any atom is 0.337 e. The number of aliphatic hydroxyl groups excluding tert-OH is 1. The van der Waals surface area contributed by atoms with Gasteiger partial charge in [0.25, 0.3) is 0 Å². The number of benzene rings is 2. The number of anilines is 1. The zero-order chi connectivity index (χ0) is 25.9. The zero-order valence-electron chi connectivity index (χ0n) is 21.8. The number of halogens is 1. The van der Waals surface area contributed by atoms with Crippen molar-refractivity contribution in [1.82, 2.24) is 0 Å². The molecule has 200 valence electrons. The molecule has 37 heavy (non-hydrogen) atoms. The van der Waals surface area contributed by atoms with Crippen LogP contribution in [0.5, 0.6) is 5.75 Å². The van der Waals surface area contributed by atoms with Crippen LogP contribution >= 0.6 is 11.6 Å². The predicted octanol–water partition coefficient (Wildman–Crippen LogP) is 5.66. The van der Waals surface area contributed by atoms with Gasteiger partial charge in [-0.2, -0.15) is 0 Å². The van der Waals surface area contributed by atoms with E-state index in [9.17, 15) is 9.90 Å². The molecule has 0 radical (unpaired) electrons. The van der Waals surface area contributed by atoms with Gasteiger partial charge in [0.2, 0.25) is 0 Å². The number of fused-ring (bicyclic) bond motifs is 2. The van der Waals surface area contributed by atoms with Crippen molar-refractivity contribution >= 4 is 23.3 Å². The molecule has 2 aliphatic heterocycles.